The molecule has 0 aromatic carbocycles. The number of rotatable bonds is 5. The second-order valence-electron chi connectivity index (χ2n) is 4.28. The van der Waals surface area contributed by atoms with Gasteiger partial charge >= 0.3 is 5.97 Å². The minimum absolute atomic E-state index is 0.179. The van der Waals surface area contributed by atoms with Crippen molar-refractivity contribution < 1.29 is 9.90 Å². The number of aliphatic carboxylic acids is 1. The van der Waals surface area contributed by atoms with Crippen LogP contribution in [0.1, 0.15) is 24.1 Å². The van der Waals surface area contributed by atoms with Gasteiger partial charge in [-0.1, -0.05) is 6.07 Å². The van der Waals surface area contributed by atoms with Crippen molar-refractivity contribution in [3.8, 4) is 0 Å². The number of likely N-dealkylation sites (tertiary alicyclic amines) is 1. The molecule has 88 valence electrons. The smallest absolute Gasteiger partial charge is 0.304 e. The standard InChI is InChI=1S/C12H17NO2S/c14-12(15)9-10(13-5-1-2-6-13)8-11-4-3-7-16-11/h3-4,7,10H,1-2,5-6,8-9H2,(H,14,15). The number of hydrogen-bond donors (Lipinski definition) is 1. The molecule has 0 saturated carbocycles. The van der Waals surface area contributed by atoms with Gasteiger partial charge in [0, 0.05) is 10.9 Å². The molecule has 1 N–H and O–H groups in total. The lowest BCUT2D eigenvalue weighted by Crippen LogP contribution is -2.36. The van der Waals surface area contributed by atoms with Gasteiger partial charge in [0.1, 0.15) is 0 Å². The fraction of sp³-hybridized carbons (Fsp3) is 0.583. The average molecular weight is 239 g/mol. The summed E-state index contributed by atoms with van der Waals surface area (Å²) in [5.74, 6) is -0.687. The third-order valence-electron chi connectivity index (χ3n) is 3.08. The Morgan fingerprint density at radius 3 is 2.81 bits per heavy atom. The van der Waals surface area contributed by atoms with Crippen LogP contribution in [0.4, 0.5) is 0 Å². The molecule has 1 fully saturated rings. The molecule has 16 heavy (non-hydrogen) atoms. The van der Waals surface area contributed by atoms with Crippen molar-refractivity contribution in [2.75, 3.05) is 13.1 Å². The summed E-state index contributed by atoms with van der Waals surface area (Å²) in [5, 5.41) is 11.0. The molecular formula is C12H17NO2S. The van der Waals surface area contributed by atoms with Crippen LogP contribution in [0.25, 0.3) is 0 Å². The van der Waals surface area contributed by atoms with E-state index in [0.29, 0.717) is 0 Å². The van der Waals surface area contributed by atoms with Gasteiger partial charge in [0.05, 0.1) is 6.42 Å². The predicted molar refractivity (Wildman–Crippen MR) is 64.9 cm³/mol. The molecule has 1 aromatic heterocycles. The lowest BCUT2D eigenvalue weighted by molar-refractivity contribution is -0.138. The largest absolute Gasteiger partial charge is 0.481 e. The molecule has 0 amide bonds. The highest BCUT2D eigenvalue weighted by Gasteiger charge is 2.24. The van der Waals surface area contributed by atoms with Crippen molar-refractivity contribution >= 4 is 17.3 Å². The molecule has 1 aromatic rings. The van der Waals surface area contributed by atoms with Crippen LogP contribution < -0.4 is 0 Å². The fourth-order valence-corrected chi connectivity index (χ4v) is 3.08. The van der Waals surface area contributed by atoms with E-state index < -0.39 is 5.97 Å². The van der Waals surface area contributed by atoms with E-state index in [0.717, 1.165) is 19.5 Å². The second kappa shape index (κ2) is 5.46. The highest BCUT2D eigenvalue weighted by molar-refractivity contribution is 7.09. The molecule has 0 radical (unpaired) electrons. The average Bonchev–Trinajstić information content (AvgIpc) is 2.88. The fourth-order valence-electron chi connectivity index (χ4n) is 2.30. The zero-order valence-corrected chi connectivity index (χ0v) is 10.1. The summed E-state index contributed by atoms with van der Waals surface area (Å²) < 4.78 is 0. The SMILES string of the molecule is O=C(O)CC(Cc1cccs1)N1CCCC1. The Bertz CT molecular complexity index is 331. The van der Waals surface area contributed by atoms with Crippen molar-refractivity contribution in [2.24, 2.45) is 0 Å². The molecule has 1 aliphatic heterocycles. The van der Waals surface area contributed by atoms with E-state index in [4.69, 9.17) is 5.11 Å². The van der Waals surface area contributed by atoms with Crippen molar-refractivity contribution in [1.82, 2.24) is 4.90 Å². The van der Waals surface area contributed by atoms with Crippen LogP contribution in [0.3, 0.4) is 0 Å². The van der Waals surface area contributed by atoms with Crippen molar-refractivity contribution in [3.63, 3.8) is 0 Å². The van der Waals surface area contributed by atoms with Gasteiger partial charge in [-0.05, 0) is 43.8 Å². The van der Waals surface area contributed by atoms with Gasteiger partial charge < -0.3 is 5.11 Å². The molecule has 1 unspecified atom stereocenters. The van der Waals surface area contributed by atoms with Crippen molar-refractivity contribution in [2.45, 2.75) is 31.7 Å². The van der Waals surface area contributed by atoms with E-state index in [1.54, 1.807) is 11.3 Å². The minimum Gasteiger partial charge on any atom is -0.481 e. The number of thiophene rings is 1. The summed E-state index contributed by atoms with van der Waals surface area (Å²) in [6.45, 7) is 2.12. The summed E-state index contributed by atoms with van der Waals surface area (Å²) in [6.07, 6.45) is 3.56. The van der Waals surface area contributed by atoms with E-state index in [1.165, 1.54) is 17.7 Å². The third kappa shape index (κ3) is 3.06. The Morgan fingerprint density at radius 2 is 2.25 bits per heavy atom. The van der Waals surface area contributed by atoms with E-state index >= 15 is 0 Å². The first-order valence-corrected chi connectivity index (χ1v) is 6.62. The van der Waals surface area contributed by atoms with Crippen molar-refractivity contribution in [3.05, 3.63) is 22.4 Å². The van der Waals surface area contributed by atoms with Gasteiger partial charge in [0.2, 0.25) is 0 Å². The number of nitrogens with zero attached hydrogens (tertiary/aromatic N) is 1. The molecular weight excluding hydrogens is 222 g/mol. The first kappa shape index (κ1) is 11.6. The Balaban J connectivity index is 1.98. The molecule has 2 heterocycles. The summed E-state index contributed by atoms with van der Waals surface area (Å²) in [4.78, 5) is 14.5. The first-order chi connectivity index (χ1) is 7.75. The highest BCUT2D eigenvalue weighted by Crippen LogP contribution is 2.20. The molecule has 0 bridgehead atoms. The van der Waals surface area contributed by atoms with Crippen LogP contribution in [0.5, 0.6) is 0 Å². The lowest BCUT2D eigenvalue weighted by Gasteiger charge is -2.25. The summed E-state index contributed by atoms with van der Waals surface area (Å²) in [6, 6.07) is 4.30. The maximum Gasteiger partial charge on any atom is 0.304 e. The van der Waals surface area contributed by atoms with Crippen LogP contribution in [-0.2, 0) is 11.2 Å². The van der Waals surface area contributed by atoms with Crippen LogP contribution >= 0.6 is 11.3 Å². The van der Waals surface area contributed by atoms with E-state index in [-0.39, 0.29) is 12.5 Å². The lowest BCUT2D eigenvalue weighted by atomic mass is 10.1. The quantitative estimate of drug-likeness (QED) is 0.856. The molecule has 0 aliphatic carbocycles. The predicted octanol–water partition coefficient (Wildman–Crippen LogP) is 2.23. The molecule has 2 rings (SSSR count). The Morgan fingerprint density at radius 1 is 1.50 bits per heavy atom. The number of carboxylic acid groups (broad SMARTS) is 1. The minimum atomic E-state index is -0.687. The maximum atomic E-state index is 10.9. The molecule has 1 saturated heterocycles. The summed E-state index contributed by atoms with van der Waals surface area (Å²) in [5.41, 5.74) is 0. The highest BCUT2D eigenvalue weighted by atomic mass is 32.1. The number of carbonyl (C=O) groups is 1. The molecule has 1 atom stereocenters. The van der Waals surface area contributed by atoms with Crippen LogP contribution in [-0.4, -0.2) is 35.1 Å². The number of hydrogen-bond acceptors (Lipinski definition) is 3. The van der Waals surface area contributed by atoms with E-state index in [9.17, 15) is 4.79 Å². The van der Waals surface area contributed by atoms with Gasteiger partial charge in [-0.15, -0.1) is 11.3 Å². The molecule has 4 heteroatoms. The van der Waals surface area contributed by atoms with E-state index in [2.05, 4.69) is 16.3 Å². The topological polar surface area (TPSA) is 40.5 Å². The maximum absolute atomic E-state index is 10.9. The van der Waals surface area contributed by atoms with Crippen LogP contribution in [0, 0.1) is 0 Å². The first-order valence-electron chi connectivity index (χ1n) is 5.74. The molecule has 1 aliphatic rings. The van der Waals surface area contributed by atoms with Crippen LogP contribution in [0.2, 0.25) is 0 Å². The Kier molecular flexibility index (Phi) is 3.96. The zero-order chi connectivity index (χ0) is 11.4. The summed E-state index contributed by atoms with van der Waals surface area (Å²) in [7, 11) is 0. The molecule has 0 spiro atoms. The normalized spacial score (nSPS) is 18.8. The van der Waals surface area contributed by atoms with Gasteiger partial charge in [0.25, 0.3) is 0 Å². The van der Waals surface area contributed by atoms with Gasteiger partial charge in [0.15, 0.2) is 0 Å². The third-order valence-corrected chi connectivity index (χ3v) is 3.98. The van der Waals surface area contributed by atoms with Crippen LogP contribution in [0.15, 0.2) is 17.5 Å². The Hall–Kier alpha value is -0.870. The number of carboxylic acids is 1. The van der Waals surface area contributed by atoms with Gasteiger partial charge in [-0.25, -0.2) is 0 Å². The zero-order valence-electron chi connectivity index (χ0n) is 9.26. The second-order valence-corrected chi connectivity index (χ2v) is 5.31. The van der Waals surface area contributed by atoms with Gasteiger partial charge in [-0.2, -0.15) is 0 Å². The Labute approximate surface area is 99.7 Å². The van der Waals surface area contributed by atoms with Crippen molar-refractivity contribution in [1.29, 1.82) is 0 Å². The van der Waals surface area contributed by atoms with E-state index in [1.807, 2.05) is 6.07 Å². The molecule has 3 nitrogen and oxygen atoms in total. The summed E-state index contributed by atoms with van der Waals surface area (Å²) >= 11 is 1.72. The monoisotopic (exact) mass is 239 g/mol. The van der Waals surface area contributed by atoms with Gasteiger partial charge in [-0.3, -0.25) is 9.69 Å².